The van der Waals surface area contributed by atoms with Gasteiger partial charge in [-0.2, -0.15) is 0 Å². The SMILES string of the molecule is CCN1CC[N+](Cc2ccccc2)=C1O. The van der Waals surface area contributed by atoms with Crippen LogP contribution in [0.5, 0.6) is 0 Å². The predicted molar refractivity (Wildman–Crippen MR) is 60.2 cm³/mol. The number of aliphatic hydroxyl groups excluding tert-OH is 1. The molecule has 1 aromatic carbocycles. The maximum atomic E-state index is 9.88. The number of aliphatic hydroxyl groups is 1. The topological polar surface area (TPSA) is 26.5 Å². The van der Waals surface area contributed by atoms with E-state index in [0.717, 1.165) is 26.2 Å². The van der Waals surface area contributed by atoms with E-state index in [4.69, 9.17) is 0 Å². The predicted octanol–water partition coefficient (Wildman–Crippen LogP) is 1.45. The highest BCUT2D eigenvalue weighted by Crippen LogP contribution is 2.05. The maximum Gasteiger partial charge on any atom is 0.444 e. The molecule has 0 aliphatic carbocycles. The summed E-state index contributed by atoms with van der Waals surface area (Å²) in [5, 5.41) is 9.88. The van der Waals surface area contributed by atoms with Crippen molar-refractivity contribution in [1.82, 2.24) is 4.90 Å². The zero-order valence-corrected chi connectivity index (χ0v) is 9.06. The Labute approximate surface area is 90.3 Å². The van der Waals surface area contributed by atoms with Crippen LogP contribution in [0, 0.1) is 0 Å². The summed E-state index contributed by atoms with van der Waals surface area (Å²) in [6.45, 7) is 5.56. The Balaban J connectivity index is 2.10. The Morgan fingerprint density at radius 3 is 2.67 bits per heavy atom. The zero-order chi connectivity index (χ0) is 10.7. The van der Waals surface area contributed by atoms with Crippen molar-refractivity contribution in [1.29, 1.82) is 0 Å². The second-order valence-corrected chi connectivity index (χ2v) is 3.79. The molecule has 0 atom stereocenters. The number of likely N-dealkylation sites (N-methyl/N-ethyl adjacent to an activating group) is 1. The van der Waals surface area contributed by atoms with E-state index in [9.17, 15) is 5.11 Å². The minimum absolute atomic E-state index is 0.418. The molecule has 0 amide bonds. The normalized spacial score (nSPS) is 16.2. The molecule has 0 aromatic heterocycles. The Kier molecular flexibility index (Phi) is 2.90. The van der Waals surface area contributed by atoms with Crippen LogP contribution in [0.2, 0.25) is 0 Å². The maximum absolute atomic E-state index is 9.88. The molecular formula is C12H17N2O+. The van der Waals surface area contributed by atoms with Gasteiger partial charge in [0, 0.05) is 0 Å². The molecule has 1 aromatic rings. The smallest absolute Gasteiger partial charge is 0.444 e. The minimum Gasteiger partial charge on any atom is -0.447 e. The number of nitrogens with zero attached hydrogens (tertiary/aromatic N) is 2. The van der Waals surface area contributed by atoms with Crippen LogP contribution in [0.15, 0.2) is 30.3 Å². The van der Waals surface area contributed by atoms with Gasteiger partial charge in [0.2, 0.25) is 0 Å². The van der Waals surface area contributed by atoms with Gasteiger partial charge >= 0.3 is 6.02 Å². The second-order valence-electron chi connectivity index (χ2n) is 3.79. The molecule has 0 radical (unpaired) electrons. The van der Waals surface area contributed by atoms with Gasteiger partial charge in [-0.25, -0.2) is 9.48 Å². The summed E-state index contributed by atoms with van der Waals surface area (Å²) in [6, 6.07) is 10.7. The third-order valence-corrected chi connectivity index (χ3v) is 2.80. The van der Waals surface area contributed by atoms with Crippen LogP contribution in [0.25, 0.3) is 0 Å². The van der Waals surface area contributed by atoms with Crippen LogP contribution >= 0.6 is 0 Å². The molecule has 80 valence electrons. The van der Waals surface area contributed by atoms with E-state index in [0.29, 0.717) is 6.02 Å². The molecule has 0 spiro atoms. The Morgan fingerprint density at radius 2 is 2.07 bits per heavy atom. The lowest BCUT2D eigenvalue weighted by atomic mass is 10.2. The van der Waals surface area contributed by atoms with E-state index in [-0.39, 0.29) is 0 Å². The van der Waals surface area contributed by atoms with Gasteiger partial charge in [-0.15, -0.1) is 0 Å². The van der Waals surface area contributed by atoms with Crippen LogP contribution in [0.1, 0.15) is 12.5 Å². The van der Waals surface area contributed by atoms with E-state index < -0.39 is 0 Å². The van der Waals surface area contributed by atoms with Gasteiger partial charge in [0.05, 0.1) is 6.54 Å². The van der Waals surface area contributed by atoms with Crippen LogP contribution < -0.4 is 0 Å². The van der Waals surface area contributed by atoms with Crippen LogP contribution in [-0.2, 0) is 6.54 Å². The van der Waals surface area contributed by atoms with Gasteiger partial charge in [-0.3, -0.25) is 0 Å². The van der Waals surface area contributed by atoms with Gasteiger partial charge in [-0.05, 0) is 12.5 Å². The first-order valence-corrected chi connectivity index (χ1v) is 5.41. The molecule has 0 saturated heterocycles. The summed E-state index contributed by atoms with van der Waals surface area (Å²) < 4.78 is 2.01. The van der Waals surface area contributed by atoms with E-state index in [2.05, 4.69) is 19.1 Å². The average Bonchev–Trinajstić information content (AvgIpc) is 2.62. The number of amidine groups is 1. The fraction of sp³-hybridized carbons (Fsp3) is 0.417. The molecule has 0 fully saturated rings. The Hall–Kier alpha value is -1.51. The zero-order valence-electron chi connectivity index (χ0n) is 9.06. The molecule has 1 aliphatic rings. The Morgan fingerprint density at radius 1 is 1.33 bits per heavy atom. The minimum atomic E-state index is 0.418. The first-order chi connectivity index (χ1) is 7.31. The van der Waals surface area contributed by atoms with E-state index in [1.165, 1.54) is 5.56 Å². The van der Waals surface area contributed by atoms with Gasteiger partial charge in [-0.1, -0.05) is 30.3 Å². The third kappa shape index (κ3) is 2.12. The van der Waals surface area contributed by atoms with Crippen molar-refractivity contribution in [3.63, 3.8) is 0 Å². The van der Waals surface area contributed by atoms with Crippen LogP contribution in [0.3, 0.4) is 0 Å². The van der Waals surface area contributed by atoms with Crippen molar-refractivity contribution < 1.29 is 9.68 Å². The average molecular weight is 205 g/mol. The van der Waals surface area contributed by atoms with Gasteiger partial charge in [0.25, 0.3) is 0 Å². The first-order valence-electron chi connectivity index (χ1n) is 5.41. The molecule has 1 heterocycles. The van der Waals surface area contributed by atoms with Crippen LogP contribution in [-0.4, -0.2) is 40.2 Å². The highest BCUT2D eigenvalue weighted by molar-refractivity contribution is 5.67. The van der Waals surface area contributed by atoms with Crippen molar-refractivity contribution in [2.24, 2.45) is 0 Å². The summed E-state index contributed by atoms with van der Waals surface area (Å²) in [7, 11) is 0. The number of rotatable bonds is 3. The molecule has 0 unspecified atom stereocenters. The van der Waals surface area contributed by atoms with Gasteiger partial charge in [0.1, 0.15) is 19.6 Å². The molecule has 3 heteroatoms. The van der Waals surface area contributed by atoms with Crippen molar-refractivity contribution >= 4 is 6.02 Å². The molecule has 15 heavy (non-hydrogen) atoms. The number of benzene rings is 1. The van der Waals surface area contributed by atoms with Gasteiger partial charge in [0.15, 0.2) is 0 Å². The summed E-state index contributed by atoms with van der Waals surface area (Å²) in [5.41, 5.74) is 1.24. The first kappa shape index (κ1) is 10.0. The molecule has 3 nitrogen and oxygen atoms in total. The molecule has 2 rings (SSSR count). The lowest BCUT2D eigenvalue weighted by molar-refractivity contribution is -0.541. The molecule has 1 N–H and O–H groups in total. The van der Waals surface area contributed by atoms with E-state index >= 15 is 0 Å². The number of hydrogen-bond donors (Lipinski definition) is 1. The van der Waals surface area contributed by atoms with Crippen molar-refractivity contribution in [2.45, 2.75) is 13.5 Å². The molecule has 0 bridgehead atoms. The van der Waals surface area contributed by atoms with E-state index in [1.54, 1.807) is 0 Å². The monoisotopic (exact) mass is 205 g/mol. The molecule has 0 saturated carbocycles. The quantitative estimate of drug-likeness (QED) is 0.756. The van der Waals surface area contributed by atoms with E-state index in [1.807, 2.05) is 27.7 Å². The summed E-state index contributed by atoms with van der Waals surface area (Å²) >= 11 is 0. The second kappa shape index (κ2) is 4.34. The fourth-order valence-electron chi connectivity index (χ4n) is 1.89. The summed E-state index contributed by atoms with van der Waals surface area (Å²) in [6.07, 6.45) is 0. The Bertz CT molecular complexity index is 359. The largest absolute Gasteiger partial charge is 0.447 e. The van der Waals surface area contributed by atoms with Crippen molar-refractivity contribution in [2.75, 3.05) is 19.6 Å². The third-order valence-electron chi connectivity index (χ3n) is 2.80. The number of hydrogen-bond acceptors (Lipinski definition) is 1. The molecular weight excluding hydrogens is 188 g/mol. The van der Waals surface area contributed by atoms with Gasteiger partial charge < -0.3 is 5.11 Å². The lowest BCUT2D eigenvalue weighted by Gasteiger charge is -2.04. The lowest BCUT2D eigenvalue weighted by Crippen LogP contribution is -2.28. The van der Waals surface area contributed by atoms with Crippen molar-refractivity contribution in [3.8, 4) is 0 Å². The highest BCUT2D eigenvalue weighted by Gasteiger charge is 2.28. The van der Waals surface area contributed by atoms with Crippen molar-refractivity contribution in [3.05, 3.63) is 35.9 Å². The fourth-order valence-corrected chi connectivity index (χ4v) is 1.89. The molecule has 1 aliphatic heterocycles. The van der Waals surface area contributed by atoms with Crippen LogP contribution in [0.4, 0.5) is 0 Å². The highest BCUT2D eigenvalue weighted by atomic mass is 16.3. The standard InChI is InChI=1S/C12H16N2O/c1-2-13-8-9-14(12(13)15)10-11-6-4-3-5-7-11/h3-7H,2,8-10H2,1H3/p+1. The summed E-state index contributed by atoms with van der Waals surface area (Å²) in [5.74, 6) is 0. The summed E-state index contributed by atoms with van der Waals surface area (Å²) in [4.78, 5) is 1.99.